The summed E-state index contributed by atoms with van der Waals surface area (Å²) in [7, 11) is 0. The minimum Gasteiger partial charge on any atom is -0.452 e. The van der Waals surface area contributed by atoms with Crippen LogP contribution in [0.1, 0.15) is 19.4 Å². The van der Waals surface area contributed by atoms with Crippen LogP contribution in [0.5, 0.6) is 11.5 Å². The van der Waals surface area contributed by atoms with Crippen molar-refractivity contribution >= 4 is 40.6 Å². The van der Waals surface area contributed by atoms with Gasteiger partial charge in [0.2, 0.25) is 11.2 Å². The first-order valence-corrected chi connectivity index (χ1v) is 9.16. The van der Waals surface area contributed by atoms with Crippen LogP contribution in [0, 0.1) is 5.82 Å². The quantitative estimate of drug-likeness (QED) is 0.406. The van der Waals surface area contributed by atoms with Crippen LogP contribution in [-0.2, 0) is 10.2 Å². The van der Waals surface area contributed by atoms with Crippen LogP contribution in [0.3, 0.4) is 0 Å². The van der Waals surface area contributed by atoms with E-state index in [1.54, 1.807) is 50.2 Å². The van der Waals surface area contributed by atoms with Gasteiger partial charge >= 0.3 is 0 Å². The molecule has 1 aliphatic heterocycles. The first-order chi connectivity index (χ1) is 13.3. The van der Waals surface area contributed by atoms with Crippen molar-refractivity contribution in [2.24, 2.45) is 0 Å². The number of anilines is 2. The molecule has 0 fully saturated rings. The number of ether oxygens (including phenoxy) is 1. The molecule has 142 valence electrons. The molecule has 0 spiro atoms. The molecule has 3 aromatic rings. The van der Waals surface area contributed by atoms with Gasteiger partial charge in [0.1, 0.15) is 5.15 Å². The van der Waals surface area contributed by atoms with Gasteiger partial charge in [-0.25, -0.2) is 9.37 Å². The number of hydrogen-bond donors (Lipinski definition) is 0. The minimum atomic E-state index is -0.970. The Morgan fingerprint density at radius 2 is 1.64 bits per heavy atom. The summed E-state index contributed by atoms with van der Waals surface area (Å²) in [5.74, 6) is -0.176. The predicted octanol–water partition coefficient (Wildman–Crippen LogP) is 5.67. The van der Waals surface area contributed by atoms with E-state index in [4.69, 9.17) is 27.9 Å². The summed E-state index contributed by atoms with van der Waals surface area (Å²) in [5.41, 5.74) is -0.0973. The highest BCUT2D eigenvalue weighted by molar-refractivity contribution is 6.34. The third-order valence-corrected chi connectivity index (χ3v) is 5.00. The number of carbonyl (C=O) groups is 1. The van der Waals surface area contributed by atoms with Gasteiger partial charge in [-0.2, -0.15) is 4.98 Å². The van der Waals surface area contributed by atoms with Crippen LogP contribution in [-0.4, -0.2) is 15.9 Å². The zero-order valence-electron chi connectivity index (χ0n) is 14.9. The molecule has 0 bridgehead atoms. The summed E-state index contributed by atoms with van der Waals surface area (Å²) in [4.78, 5) is 22.8. The molecule has 0 radical (unpaired) electrons. The zero-order valence-corrected chi connectivity index (χ0v) is 16.4. The molecule has 8 heteroatoms. The van der Waals surface area contributed by atoms with Crippen LogP contribution in [0.25, 0.3) is 0 Å². The van der Waals surface area contributed by atoms with Crippen LogP contribution in [0.4, 0.5) is 15.9 Å². The molecule has 2 aromatic carbocycles. The van der Waals surface area contributed by atoms with Crippen molar-refractivity contribution in [3.8, 4) is 11.5 Å². The number of hydrogen-bond acceptors (Lipinski definition) is 4. The Labute approximate surface area is 170 Å². The Bertz CT molecular complexity index is 1100. The molecule has 0 saturated carbocycles. The molecular weight excluding hydrogens is 404 g/mol. The molecule has 0 aliphatic carbocycles. The van der Waals surface area contributed by atoms with E-state index in [1.807, 2.05) is 0 Å². The highest BCUT2D eigenvalue weighted by atomic mass is 35.5. The van der Waals surface area contributed by atoms with Crippen LogP contribution < -0.4 is 9.64 Å². The van der Waals surface area contributed by atoms with E-state index < -0.39 is 11.2 Å². The number of benzene rings is 2. The van der Waals surface area contributed by atoms with Gasteiger partial charge in [0.05, 0.1) is 11.1 Å². The lowest BCUT2D eigenvalue weighted by Crippen LogP contribution is -2.33. The standard InChI is InChI=1S/C20H14Cl2FN3O2/c1-20(2)15-16(21)24-19(22)25-17(15)26(18(20)27)12-8-4-6-10-14(12)28-13-9-5-3-7-11(13)23/h3-10H,1-2H3. The predicted molar refractivity (Wildman–Crippen MR) is 105 cm³/mol. The van der Waals surface area contributed by atoms with Gasteiger partial charge in [-0.05, 0) is 49.7 Å². The summed E-state index contributed by atoms with van der Waals surface area (Å²) < 4.78 is 19.8. The van der Waals surface area contributed by atoms with Gasteiger partial charge < -0.3 is 4.74 Å². The second kappa shape index (κ2) is 6.72. The maximum absolute atomic E-state index is 14.1. The molecule has 1 aromatic heterocycles. The Kier molecular flexibility index (Phi) is 4.48. The largest absolute Gasteiger partial charge is 0.452 e. The van der Waals surface area contributed by atoms with Crippen LogP contribution in [0.2, 0.25) is 10.4 Å². The average molecular weight is 418 g/mol. The SMILES string of the molecule is CC1(C)C(=O)N(c2ccccc2Oc2ccccc2F)c2nc(Cl)nc(Cl)c21. The molecule has 1 aliphatic rings. The fourth-order valence-corrected chi connectivity index (χ4v) is 3.79. The van der Waals surface area contributed by atoms with Gasteiger partial charge in [-0.15, -0.1) is 0 Å². The zero-order chi connectivity index (χ0) is 20.1. The van der Waals surface area contributed by atoms with Crippen molar-refractivity contribution in [3.63, 3.8) is 0 Å². The number of amides is 1. The number of carbonyl (C=O) groups excluding carboxylic acids is 1. The van der Waals surface area contributed by atoms with Gasteiger partial charge in [-0.1, -0.05) is 35.9 Å². The summed E-state index contributed by atoms with van der Waals surface area (Å²) in [6.07, 6.45) is 0. The Morgan fingerprint density at radius 1 is 1.00 bits per heavy atom. The Hall–Kier alpha value is -2.70. The van der Waals surface area contributed by atoms with Gasteiger partial charge in [0.25, 0.3) is 0 Å². The number of nitrogens with zero attached hydrogens (tertiary/aromatic N) is 3. The molecular formula is C20H14Cl2FN3O2. The third kappa shape index (κ3) is 2.89. The van der Waals surface area contributed by atoms with Crippen molar-refractivity contribution in [3.05, 3.63) is 70.3 Å². The Balaban J connectivity index is 1.88. The van der Waals surface area contributed by atoms with Crippen molar-refractivity contribution in [1.29, 1.82) is 0 Å². The summed E-state index contributed by atoms with van der Waals surface area (Å²) in [6, 6.07) is 12.8. The molecule has 28 heavy (non-hydrogen) atoms. The highest BCUT2D eigenvalue weighted by Gasteiger charge is 2.48. The molecule has 0 unspecified atom stereocenters. The monoisotopic (exact) mass is 417 g/mol. The van der Waals surface area contributed by atoms with Gasteiger partial charge in [0.15, 0.2) is 23.1 Å². The fourth-order valence-electron chi connectivity index (χ4n) is 3.18. The summed E-state index contributed by atoms with van der Waals surface area (Å²) in [5, 5.41) is 0.0371. The highest BCUT2D eigenvalue weighted by Crippen LogP contribution is 2.49. The van der Waals surface area contributed by atoms with Crippen molar-refractivity contribution in [1.82, 2.24) is 9.97 Å². The molecule has 0 atom stereocenters. The molecule has 1 amide bonds. The first-order valence-electron chi connectivity index (χ1n) is 8.40. The smallest absolute Gasteiger partial charge is 0.243 e. The maximum Gasteiger partial charge on any atom is 0.243 e. The minimum absolute atomic E-state index is 0.0415. The van der Waals surface area contributed by atoms with E-state index in [9.17, 15) is 9.18 Å². The molecule has 4 rings (SSSR count). The lowest BCUT2D eigenvalue weighted by molar-refractivity contribution is -0.121. The van der Waals surface area contributed by atoms with E-state index in [1.165, 1.54) is 17.0 Å². The van der Waals surface area contributed by atoms with E-state index in [0.29, 0.717) is 11.3 Å². The number of para-hydroxylation sites is 3. The molecule has 5 nitrogen and oxygen atoms in total. The van der Waals surface area contributed by atoms with E-state index >= 15 is 0 Å². The van der Waals surface area contributed by atoms with E-state index in [-0.39, 0.29) is 33.7 Å². The topological polar surface area (TPSA) is 55.3 Å². The number of halogens is 3. The number of aromatic nitrogens is 2. The summed E-state index contributed by atoms with van der Waals surface area (Å²) in [6.45, 7) is 3.47. The second-order valence-corrected chi connectivity index (χ2v) is 7.44. The third-order valence-electron chi connectivity index (χ3n) is 4.56. The number of rotatable bonds is 3. The first kappa shape index (κ1) is 18.7. The summed E-state index contributed by atoms with van der Waals surface area (Å²) >= 11 is 12.3. The second-order valence-electron chi connectivity index (χ2n) is 6.75. The average Bonchev–Trinajstić information content (AvgIpc) is 2.83. The van der Waals surface area contributed by atoms with Crippen LogP contribution in [0.15, 0.2) is 48.5 Å². The molecule has 0 N–H and O–H groups in total. The lowest BCUT2D eigenvalue weighted by atomic mass is 9.88. The fraction of sp³-hybridized carbons (Fsp3) is 0.150. The van der Waals surface area contributed by atoms with E-state index in [0.717, 1.165) is 0 Å². The number of fused-ring (bicyclic) bond motifs is 1. The lowest BCUT2D eigenvalue weighted by Gasteiger charge is -2.22. The Morgan fingerprint density at radius 3 is 2.36 bits per heavy atom. The van der Waals surface area contributed by atoms with Gasteiger partial charge in [0, 0.05) is 5.56 Å². The van der Waals surface area contributed by atoms with Crippen molar-refractivity contribution in [2.75, 3.05) is 4.90 Å². The van der Waals surface area contributed by atoms with E-state index in [2.05, 4.69) is 9.97 Å². The van der Waals surface area contributed by atoms with Crippen LogP contribution >= 0.6 is 23.2 Å². The maximum atomic E-state index is 14.1. The van der Waals surface area contributed by atoms with Gasteiger partial charge in [-0.3, -0.25) is 9.69 Å². The molecule has 2 heterocycles. The normalized spacial score (nSPS) is 14.9. The van der Waals surface area contributed by atoms with Crippen molar-refractivity contribution in [2.45, 2.75) is 19.3 Å². The van der Waals surface area contributed by atoms with Crippen molar-refractivity contribution < 1.29 is 13.9 Å². The molecule has 0 saturated heterocycles.